The summed E-state index contributed by atoms with van der Waals surface area (Å²) in [5.74, 6) is 0.661. The quantitative estimate of drug-likeness (QED) is 0.0437. The molecule has 0 spiro atoms. The van der Waals surface area contributed by atoms with Gasteiger partial charge in [0.15, 0.2) is 23.3 Å². The lowest BCUT2D eigenvalue weighted by atomic mass is 9.89. The molecule has 0 saturated carbocycles. The SMILES string of the molecule is CC(C)[Si](C#Cc1c2cc3nccnc3cc2c(C#C[Si](C(C)C)(C(C)C)C(C)C)c2cc3c(F)c(F)c(F)c(F)c3cc12)(C(C)C)C(C)C. The molecule has 5 aromatic rings. The third-order valence-corrected chi connectivity index (χ3v) is 24.0. The molecule has 0 unspecified atom stereocenters. The average Bonchev–Trinajstić information content (AvgIpc) is 3.05. The molecule has 4 aromatic carbocycles. The topological polar surface area (TPSA) is 25.8 Å². The first-order chi connectivity index (χ1) is 23.4. The Kier molecular flexibility index (Phi) is 10.3. The summed E-state index contributed by atoms with van der Waals surface area (Å²) < 4.78 is 60.5. The molecule has 0 saturated heterocycles. The predicted molar refractivity (Wildman–Crippen MR) is 208 cm³/mol. The molecule has 50 heavy (non-hydrogen) atoms. The van der Waals surface area contributed by atoms with Gasteiger partial charge in [0, 0.05) is 45.1 Å². The predicted octanol–water partition coefficient (Wildman–Crippen LogP) is 12.8. The van der Waals surface area contributed by atoms with Crippen LogP contribution in [0.15, 0.2) is 36.7 Å². The number of hydrogen-bond acceptors (Lipinski definition) is 2. The van der Waals surface area contributed by atoms with Crippen LogP contribution in [0.25, 0.3) is 43.4 Å². The summed E-state index contributed by atoms with van der Waals surface area (Å²) in [7, 11) is -4.55. The molecule has 1 aromatic heterocycles. The van der Waals surface area contributed by atoms with E-state index in [0.29, 0.717) is 66.2 Å². The number of nitrogens with zero attached hydrogens (tertiary/aromatic N) is 2. The summed E-state index contributed by atoms with van der Waals surface area (Å²) in [5.41, 5.74) is 12.2. The van der Waals surface area contributed by atoms with Crippen molar-refractivity contribution in [2.24, 2.45) is 0 Å². The van der Waals surface area contributed by atoms with Crippen molar-refractivity contribution in [1.29, 1.82) is 0 Å². The minimum Gasteiger partial charge on any atom is -0.253 e. The van der Waals surface area contributed by atoms with Gasteiger partial charge in [-0.25, -0.2) is 17.6 Å². The number of benzene rings is 4. The number of aromatic nitrogens is 2. The van der Waals surface area contributed by atoms with Crippen LogP contribution in [-0.4, -0.2) is 26.1 Å². The summed E-state index contributed by atoms with van der Waals surface area (Å²) in [4.78, 5) is 9.19. The van der Waals surface area contributed by atoms with E-state index < -0.39 is 39.4 Å². The van der Waals surface area contributed by atoms with Crippen LogP contribution in [0.5, 0.6) is 0 Å². The molecule has 0 aliphatic rings. The van der Waals surface area contributed by atoms with Crippen molar-refractivity contribution in [2.45, 2.75) is 116 Å². The van der Waals surface area contributed by atoms with E-state index in [1.54, 1.807) is 12.4 Å². The van der Waals surface area contributed by atoms with Crippen molar-refractivity contribution in [2.75, 3.05) is 0 Å². The van der Waals surface area contributed by atoms with Crippen molar-refractivity contribution in [1.82, 2.24) is 9.97 Å². The fourth-order valence-corrected chi connectivity index (χ4v) is 19.4. The average molecular weight is 713 g/mol. The highest BCUT2D eigenvalue weighted by Gasteiger charge is 2.43. The molecule has 0 N–H and O–H groups in total. The number of rotatable bonds is 6. The summed E-state index contributed by atoms with van der Waals surface area (Å²) in [5, 5.41) is 1.86. The fraction of sp³-hybridized carbons (Fsp3) is 0.429. The van der Waals surface area contributed by atoms with E-state index in [4.69, 9.17) is 0 Å². The van der Waals surface area contributed by atoms with Crippen molar-refractivity contribution in [3.05, 3.63) is 71.1 Å². The third-order valence-electron chi connectivity index (χ3n) is 11.4. The van der Waals surface area contributed by atoms with Crippen molar-refractivity contribution in [3.63, 3.8) is 0 Å². The van der Waals surface area contributed by atoms with E-state index in [1.165, 1.54) is 12.1 Å². The summed E-state index contributed by atoms with van der Waals surface area (Å²) in [6.07, 6.45) is 3.26. The monoisotopic (exact) mass is 712 g/mol. The van der Waals surface area contributed by atoms with Gasteiger partial charge in [-0.3, -0.25) is 9.97 Å². The molecule has 0 fully saturated rings. The maximum Gasteiger partial charge on any atom is 0.198 e. The van der Waals surface area contributed by atoms with E-state index in [0.717, 1.165) is 10.8 Å². The van der Waals surface area contributed by atoms with Crippen LogP contribution in [0.1, 0.15) is 94.2 Å². The van der Waals surface area contributed by atoms with Gasteiger partial charge in [-0.05, 0) is 68.3 Å². The Bertz CT molecular complexity index is 2060. The third kappa shape index (κ3) is 5.83. The zero-order chi connectivity index (χ0) is 37.0. The van der Waals surface area contributed by atoms with E-state index in [2.05, 4.69) is 116 Å². The minimum atomic E-state index is -2.28. The molecule has 262 valence electrons. The summed E-state index contributed by atoms with van der Waals surface area (Å²) >= 11 is 0. The van der Waals surface area contributed by atoms with Crippen LogP contribution in [0.2, 0.25) is 33.2 Å². The van der Waals surface area contributed by atoms with Crippen LogP contribution in [0.4, 0.5) is 17.6 Å². The second kappa shape index (κ2) is 13.8. The van der Waals surface area contributed by atoms with Gasteiger partial charge in [-0.15, -0.1) is 11.1 Å². The zero-order valence-corrected chi connectivity index (χ0v) is 33.3. The maximum absolute atomic E-state index is 15.5. The second-order valence-corrected chi connectivity index (χ2v) is 26.8. The van der Waals surface area contributed by atoms with Gasteiger partial charge in [0.25, 0.3) is 0 Å². The normalized spacial score (nSPS) is 12.8. The number of halogens is 4. The Morgan fingerprint density at radius 3 is 0.980 bits per heavy atom. The Morgan fingerprint density at radius 2 is 0.700 bits per heavy atom. The molecule has 0 radical (unpaired) electrons. The molecule has 0 atom stereocenters. The van der Waals surface area contributed by atoms with Crippen molar-refractivity contribution >= 4 is 59.5 Å². The van der Waals surface area contributed by atoms with Crippen LogP contribution < -0.4 is 0 Å². The maximum atomic E-state index is 15.5. The van der Waals surface area contributed by atoms with Gasteiger partial charge in [0.2, 0.25) is 0 Å². The lowest BCUT2D eigenvalue weighted by molar-refractivity contribution is 0.418. The molecular weight excluding hydrogens is 665 g/mol. The van der Waals surface area contributed by atoms with Gasteiger partial charge in [0.1, 0.15) is 16.1 Å². The van der Waals surface area contributed by atoms with E-state index in [-0.39, 0.29) is 10.8 Å². The lowest BCUT2D eigenvalue weighted by Gasteiger charge is -2.38. The standard InChI is InChI=1S/C42H48F4N2Si2/c1-23(2)49(24(3)4,25(5)6)17-13-29-31-19-35-36(40(44)42(46)41(45)39(35)43)20-32(31)30(14-18-50(26(7)8,27(9)10)28(11)12)34-22-38-37(21-33(29)34)47-15-16-48-38/h15-16,19-28H,1-12H3. The number of fused-ring (bicyclic) bond motifs is 4. The highest BCUT2D eigenvalue weighted by atomic mass is 28.3. The van der Waals surface area contributed by atoms with Crippen LogP contribution >= 0.6 is 0 Å². The first-order valence-electron chi connectivity index (χ1n) is 17.8. The smallest absolute Gasteiger partial charge is 0.198 e. The molecule has 5 rings (SSSR count). The molecule has 8 heteroatoms. The Morgan fingerprint density at radius 1 is 0.420 bits per heavy atom. The largest absolute Gasteiger partial charge is 0.253 e. The van der Waals surface area contributed by atoms with Gasteiger partial charge in [-0.2, -0.15) is 0 Å². The summed E-state index contributed by atoms with van der Waals surface area (Å²) in [6, 6.07) is 6.76. The molecule has 0 amide bonds. The first-order valence-corrected chi connectivity index (χ1v) is 22.2. The van der Waals surface area contributed by atoms with E-state index in [1.807, 2.05) is 12.1 Å². The first kappa shape index (κ1) is 37.5. The lowest BCUT2D eigenvalue weighted by Crippen LogP contribution is -2.43. The Balaban J connectivity index is 2.11. The number of hydrogen-bond donors (Lipinski definition) is 0. The van der Waals surface area contributed by atoms with Gasteiger partial charge >= 0.3 is 0 Å². The van der Waals surface area contributed by atoms with Gasteiger partial charge in [-0.1, -0.05) is 94.9 Å². The second-order valence-electron chi connectivity index (χ2n) is 15.7. The molecule has 0 bridgehead atoms. The van der Waals surface area contributed by atoms with E-state index in [9.17, 15) is 8.78 Å². The Hall–Kier alpha value is -3.73. The molecule has 0 aliphatic heterocycles. The highest BCUT2D eigenvalue weighted by Crippen LogP contribution is 2.44. The molecule has 2 nitrogen and oxygen atoms in total. The van der Waals surface area contributed by atoms with Gasteiger partial charge in [0.05, 0.1) is 11.0 Å². The summed E-state index contributed by atoms with van der Waals surface area (Å²) in [6.45, 7) is 26.8. The molecular formula is C42H48F4N2Si2. The van der Waals surface area contributed by atoms with Crippen LogP contribution in [0, 0.1) is 46.2 Å². The zero-order valence-electron chi connectivity index (χ0n) is 31.3. The van der Waals surface area contributed by atoms with Crippen LogP contribution in [-0.2, 0) is 0 Å². The molecule has 0 aliphatic carbocycles. The highest BCUT2D eigenvalue weighted by molar-refractivity contribution is 6.91. The van der Waals surface area contributed by atoms with E-state index >= 15 is 8.78 Å². The van der Waals surface area contributed by atoms with Crippen molar-refractivity contribution < 1.29 is 17.6 Å². The van der Waals surface area contributed by atoms with Gasteiger partial charge < -0.3 is 0 Å². The fourth-order valence-electron chi connectivity index (χ4n) is 9.00. The van der Waals surface area contributed by atoms with Crippen molar-refractivity contribution in [3.8, 4) is 22.9 Å². The molecule has 1 heterocycles. The Labute approximate surface area is 296 Å². The van der Waals surface area contributed by atoms with Crippen LogP contribution in [0.3, 0.4) is 0 Å². The minimum absolute atomic E-state index is 0.342.